The van der Waals surface area contributed by atoms with Crippen LogP contribution in [0.3, 0.4) is 0 Å². The van der Waals surface area contributed by atoms with Crippen molar-refractivity contribution in [2.45, 2.75) is 26.4 Å². The minimum atomic E-state index is -0.127. The minimum Gasteiger partial charge on any atom is -0.399 e. The van der Waals surface area contributed by atoms with Crippen LogP contribution < -0.4 is 11.3 Å². The van der Waals surface area contributed by atoms with Gasteiger partial charge in [0.1, 0.15) is 12.2 Å². The van der Waals surface area contributed by atoms with Gasteiger partial charge in [0.15, 0.2) is 0 Å². The predicted octanol–water partition coefficient (Wildman–Crippen LogP) is 1.03. The van der Waals surface area contributed by atoms with E-state index in [9.17, 15) is 4.79 Å². The molecule has 21 heavy (non-hydrogen) atoms. The fourth-order valence-corrected chi connectivity index (χ4v) is 2.25. The molecule has 3 rings (SSSR count). The van der Waals surface area contributed by atoms with Crippen molar-refractivity contribution < 1.29 is 0 Å². The minimum absolute atomic E-state index is 0.127. The maximum atomic E-state index is 12.5. The van der Waals surface area contributed by atoms with Gasteiger partial charge in [0.05, 0.1) is 23.8 Å². The SMILES string of the molecule is CCCn1ncnc1Cn1cnc2ccc(N)cc2c1=O. The third-order valence-corrected chi connectivity index (χ3v) is 3.29. The van der Waals surface area contributed by atoms with Gasteiger partial charge in [-0.05, 0) is 24.6 Å². The lowest BCUT2D eigenvalue weighted by atomic mass is 10.2. The quantitative estimate of drug-likeness (QED) is 0.722. The van der Waals surface area contributed by atoms with E-state index in [1.54, 1.807) is 22.9 Å². The first kappa shape index (κ1) is 13.3. The summed E-state index contributed by atoms with van der Waals surface area (Å²) < 4.78 is 3.33. The Balaban J connectivity index is 2.03. The first-order chi connectivity index (χ1) is 10.2. The van der Waals surface area contributed by atoms with Crippen LogP contribution in [0.4, 0.5) is 5.69 Å². The van der Waals surface area contributed by atoms with Gasteiger partial charge in [0.2, 0.25) is 0 Å². The largest absolute Gasteiger partial charge is 0.399 e. The summed E-state index contributed by atoms with van der Waals surface area (Å²) in [5.74, 6) is 0.740. The van der Waals surface area contributed by atoms with E-state index in [1.807, 2.05) is 0 Å². The Bertz CT molecular complexity index is 835. The molecule has 3 aromatic rings. The molecule has 0 bridgehead atoms. The van der Waals surface area contributed by atoms with E-state index < -0.39 is 0 Å². The molecule has 0 aliphatic carbocycles. The lowest BCUT2D eigenvalue weighted by Gasteiger charge is -2.08. The molecule has 0 aliphatic heterocycles. The number of nitrogens with two attached hydrogens (primary N) is 1. The highest BCUT2D eigenvalue weighted by molar-refractivity contribution is 5.80. The van der Waals surface area contributed by atoms with E-state index in [1.165, 1.54) is 17.2 Å². The molecular formula is C14H16N6O. The highest BCUT2D eigenvalue weighted by Crippen LogP contribution is 2.11. The number of anilines is 1. The Morgan fingerprint density at radius 1 is 1.29 bits per heavy atom. The van der Waals surface area contributed by atoms with E-state index in [2.05, 4.69) is 22.0 Å². The van der Waals surface area contributed by atoms with Crippen LogP contribution in [0, 0.1) is 0 Å². The van der Waals surface area contributed by atoms with Crippen LogP contribution >= 0.6 is 0 Å². The van der Waals surface area contributed by atoms with Gasteiger partial charge in [-0.1, -0.05) is 6.92 Å². The number of fused-ring (bicyclic) bond motifs is 1. The summed E-state index contributed by atoms with van der Waals surface area (Å²) in [4.78, 5) is 21.0. The molecule has 0 fully saturated rings. The van der Waals surface area contributed by atoms with E-state index in [0.29, 0.717) is 23.1 Å². The van der Waals surface area contributed by atoms with Crippen LogP contribution in [0.15, 0.2) is 35.6 Å². The molecule has 2 N–H and O–H groups in total. The number of hydrogen-bond donors (Lipinski definition) is 1. The molecule has 108 valence electrons. The van der Waals surface area contributed by atoms with Gasteiger partial charge in [-0.2, -0.15) is 5.10 Å². The zero-order valence-corrected chi connectivity index (χ0v) is 11.7. The van der Waals surface area contributed by atoms with Crippen molar-refractivity contribution in [1.82, 2.24) is 24.3 Å². The predicted molar refractivity (Wildman–Crippen MR) is 79.8 cm³/mol. The zero-order chi connectivity index (χ0) is 14.8. The summed E-state index contributed by atoms with van der Waals surface area (Å²) in [6, 6.07) is 5.13. The zero-order valence-electron chi connectivity index (χ0n) is 11.7. The van der Waals surface area contributed by atoms with E-state index in [0.717, 1.165) is 18.8 Å². The first-order valence-corrected chi connectivity index (χ1v) is 6.80. The van der Waals surface area contributed by atoms with E-state index in [-0.39, 0.29) is 5.56 Å². The standard InChI is InChI=1S/C14H16N6O/c1-2-5-20-13(16-8-18-20)7-19-9-17-12-4-3-10(15)6-11(12)14(19)21/h3-4,6,8-9H,2,5,7,15H2,1H3. The van der Waals surface area contributed by atoms with Crippen LogP contribution in [-0.4, -0.2) is 24.3 Å². The number of benzene rings is 1. The van der Waals surface area contributed by atoms with Crippen LogP contribution in [0.5, 0.6) is 0 Å². The molecule has 0 aliphatic rings. The number of nitrogen functional groups attached to an aromatic ring is 1. The van der Waals surface area contributed by atoms with Crippen LogP contribution in [0.25, 0.3) is 10.9 Å². The lowest BCUT2D eigenvalue weighted by molar-refractivity contribution is 0.549. The van der Waals surface area contributed by atoms with Crippen molar-refractivity contribution in [3.05, 3.63) is 47.0 Å². The molecule has 0 atom stereocenters. The van der Waals surface area contributed by atoms with E-state index >= 15 is 0 Å². The highest BCUT2D eigenvalue weighted by atomic mass is 16.1. The van der Waals surface area contributed by atoms with Gasteiger partial charge >= 0.3 is 0 Å². The average molecular weight is 284 g/mol. The highest BCUT2D eigenvalue weighted by Gasteiger charge is 2.09. The van der Waals surface area contributed by atoms with Gasteiger partial charge < -0.3 is 5.73 Å². The number of aromatic nitrogens is 5. The summed E-state index contributed by atoms with van der Waals surface area (Å²) >= 11 is 0. The molecule has 0 spiro atoms. The molecule has 0 saturated heterocycles. The molecular weight excluding hydrogens is 268 g/mol. The normalized spacial score (nSPS) is 11.1. The van der Waals surface area contributed by atoms with Crippen molar-refractivity contribution in [2.75, 3.05) is 5.73 Å². The monoisotopic (exact) mass is 284 g/mol. The van der Waals surface area contributed by atoms with Gasteiger partial charge in [-0.25, -0.2) is 14.6 Å². The van der Waals surface area contributed by atoms with Gasteiger partial charge in [-0.15, -0.1) is 0 Å². The topological polar surface area (TPSA) is 91.6 Å². The Morgan fingerprint density at radius 3 is 2.95 bits per heavy atom. The number of rotatable bonds is 4. The summed E-state index contributed by atoms with van der Waals surface area (Å²) in [7, 11) is 0. The van der Waals surface area contributed by atoms with E-state index in [4.69, 9.17) is 5.73 Å². The van der Waals surface area contributed by atoms with Gasteiger partial charge in [-0.3, -0.25) is 9.36 Å². The molecule has 7 nitrogen and oxygen atoms in total. The lowest BCUT2D eigenvalue weighted by Crippen LogP contribution is -2.23. The Hall–Kier alpha value is -2.70. The van der Waals surface area contributed by atoms with Crippen LogP contribution in [0.2, 0.25) is 0 Å². The summed E-state index contributed by atoms with van der Waals surface area (Å²) in [6.07, 6.45) is 3.99. The third-order valence-electron chi connectivity index (χ3n) is 3.29. The Morgan fingerprint density at radius 2 is 2.14 bits per heavy atom. The smallest absolute Gasteiger partial charge is 0.261 e. The van der Waals surface area contributed by atoms with Crippen LogP contribution in [0.1, 0.15) is 19.2 Å². The fraction of sp³-hybridized carbons (Fsp3) is 0.286. The van der Waals surface area contributed by atoms with Gasteiger partial charge in [0, 0.05) is 12.2 Å². The summed E-state index contributed by atoms with van der Waals surface area (Å²) in [6.45, 7) is 3.19. The third kappa shape index (κ3) is 2.49. The van der Waals surface area contributed by atoms with Crippen molar-refractivity contribution in [3.8, 4) is 0 Å². The molecule has 0 amide bonds. The summed E-state index contributed by atoms with van der Waals surface area (Å²) in [5, 5.41) is 4.67. The average Bonchev–Trinajstić information content (AvgIpc) is 2.90. The Kier molecular flexibility index (Phi) is 3.39. The molecule has 7 heteroatoms. The number of nitrogens with zero attached hydrogens (tertiary/aromatic N) is 5. The van der Waals surface area contributed by atoms with Gasteiger partial charge in [0.25, 0.3) is 5.56 Å². The van der Waals surface area contributed by atoms with Crippen molar-refractivity contribution >= 4 is 16.6 Å². The second-order valence-electron chi connectivity index (χ2n) is 4.85. The molecule has 0 saturated carbocycles. The van der Waals surface area contributed by atoms with Crippen molar-refractivity contribution in [3.63, 3.8) is 0 Å². The fourth-order valence-electron chi connectivity index (χ4n) is 2.25. The molecule has 0 unspecified atom stereocenters. The maximum absolute atomic E-state index is 12.5. The second-order valence-corrected chi connectivity index (χ2v) is 4.85. The molecule has 0 radical (unpaired) electrons. The van der Waals surface area contributed by atoms with Crippen LogP contribution in [-0.2, 0) is 13.1 Å². The molecule has 1 aromatic carbocycles. The molecule has 2 aromatic heterocycles. The number of aryl methyl sites for hydroxylation is 1. The first-order valence-electron chi connectivity index (χ1n) is 6.80. The Labute approximate surface area is 121 Å². The second kappa shape index (κ2) is 5.35. The summed E-state index contributed by atoms with van der Waals surface area (Å²) in [5.41, 5.74) is 6.80. The van der Waals surface area contributed by atoms with Crippen molar-refractivity contribution in [2.24, 2.45) is 0 Å². The number of hydrogen-bond acceptors (Lipinski definition) is 5. The van der Waals surface area contributed by atoms with Crippen molar-refractivity contribution in [1.29, 1.82) is 0 Å². The molecule has 2 heterocycles. The maximum Gasteiger partial charge on any atom is 0.261 e.